The topological polar surface area (TPSA) is 19.6 Å². The van der Waals surface area contributed by atoms with Crippen molar-refractivity contribution in [1.29, 1.82) is 0 Å². The molecular weight excluding hydrogens is 868 g/mol. The first-order valence-corrected chi connectivity index (χ1v) is 26.7. The number of rotatable bonds is 3. The Kier molecular flexibility index (Phi) is 9.13. The number of benzene rings is 7. The number of fused-ring (bicyclic) bond motifs is 11. The van der Waals surface area contributed by atoms with Crippen molar-refractivity contribution in [2.45, 2.75) is 136 Å². The Balaban J connectivity index is 1.18. The molecule has 0 saturated heterocycles. The fraction of sp³-hybridized carbons (Fsp3) is 0.323. The van der Waals surface area contributed by atoms with Gasteiger partial charge < -0.3 is 14.2 Å². The number of nitrogens with zero attached hydrogens (tertiary/aromatic N) is 2. The molecule has 0 N–H and O–H groups in total. The molecule has 0 radical (unpaired) electrons. The molecule has 2 aliphatic heterocycles. The van der Waals surface area contributed by atoms with Crippen LogP contribution in [0.1, 0.15) is 135 Å². The number of hydrogen-bond acceptors (Lipinski definition) is 4. The molecule has 0 amide bonds. The van der Waals surface area contributed by atoms with Gasteiger partial charge >= 0.3 is 0 Å². The molecule has 4 aliphatic rings. The molecule has 0 bridgehead atoms. The molecule has 9 aromatic rings. The minimum absolute atomic E-state index is 0.0152. The van der Waals surface area contributed by atoms with E-state index in [1.165, 1.54) is 135 Å². The standard InChI is InChI=1S/C65H65BN2OS/c1-38-30-53-58-54(31-38)68(51-25-22-40(61(2,3)4)32-43(51)39-18-14-13-15-19-39)52-37-56-44(42-20-16-17-21-55(42)69-56)35-50(52)66(58)60-59(45-34-48-49(36-57(45)70-60)65(11,12)29-28-64(48,9)10)67(53)41-23-24-46-47(33-41)63(7,8)27-26-62(46,5)6/h13-25,30-37H,26-29H2,1-12H3. The quantitative estimate of drug-likeness (QED) is 0.165. The van der Waals surface area contributed by atoms with Gasteiger partial charge in [0, 0.05) is 60.0 Å². The minimum atomic E-state index is -0.0315. The summed E-state index contributed by atoms with van der Waals surface area (Å²) in [5.41, 5.74) is 23.3. The molecule has 2 aliphatic carbocycles. The SMILES string of the molecule is Cc1cc2c3c(c1)N(c1ccc4c(c1)C(C)(C)CCC4(C)C)c1c(sc4cc5c(cc14)C(C)(C)CCC5(C)C)B3c1cc3c(cc1N2c1ccc(C(C)(C)C)cc1-c1ccccc1)oc1ccccc13. The van der Waals surface area contributed by atoms with Gasteiger partial charge in [0.2, 0.25) is 0 Å². The number of furan rings is 1. The van der Waals surface area contributed by atoms with Crippen LogP contribution in [0.5, 0.6) is 0 Å². The molecule has 0 saturated carbocycles. The van der Waals surface area contributed by atoms with Crippen LogP contribution < -0.4 is 25.5 Å². The summed E-state index contributed by atoms with van der Waals surface area (Å²) in [5, 5.41) is 3.70. The lowest BCUT2D eigenvalue weighted by Gasteiger charge is -2.45. The summed E-state index contributed by atoms with van der Waals surface area (Å²) >= 11 is 2.04. The molecule has 70 heavy (non-hydrogen) atoms. The van der Waals surface area contributed by atoms with E-state index in [1.54, 1.807) is 0 Å². The van der Waals surface area contributed by atoms with E-state index in [0.717, 1.165) is 16.6 Å². The van der Waals surface area contributed by atoms with Gasteiger partial charge in [-0.15, -0.1) is 11.3 Å². The van der Waals surface area contributed by atoms with Gasteiger partial charge in [0.15, 0.2) is 0 Å². The second-order valence-electron chi connectivity index (χ2n) is 25.1. The average Bonchev–Trinajstić information content (AvgIpc) is 3.88. The molecule has 4 heterocycles. The van der Waals surface area contributed by atoms with E-state index < -0.39 is 0 Å². The monoisotopic (exact) mass is 932 g/mol. The fourth-order valence-electron chi connectivity index (χ4n) is 13.2. The molecule has 0 spiro atoms. The van der Waals surface area contributed by atoms with E-state index in [0.29, 0.717) is 0 Å². The van der Waals surface area contributed by atoms with Crippen molar-refractivity contribution in [2.75, 3.05) is 9.80 Å². The molecule has 0 unspecified atom stereocenters. The van der Waals surface area contributed by atoms with E-state index in [2.05, 4.69) is 220 Å². The lowest BCUT2D eigenvalue weighted by atomic mass is 9.36. The Morgan fingerprint density at radius 3 is 1.86 bits per heavy atom. The third kappa shape index (κ3) is 6.32. The Morgan fingerprint density at radius 1 is 0.529 bits per heavy atom. The summed E-state index contributed by atoms with van der Waals surface area (Å²) < 4.78 is 9.63. The first-order valence-electron chi connectivity index (χ1n) is 25.9. The highest BCUT2D eigenvalue weighted by molar-refractivity contribution is 7.33. The van der Waals surface area contributed by atoms with Crippen molar-refractivity contribution in [3.63, 3.8) is 0 Å². The van der Waals surface area contributed by atoms with E-state index in [1.807, 2.05) is 11.3 Å². The first kappa shape index (κ1) is 43.9. The zero-order valence-electron chi connectivity index (χ0n) is 43.2. The second kappa shape index (κ2) is 14.5. The molecule has 5 heteroatoms. The number of anilines is 6. The van der Waals surface area contributed by atoms with Gasteiger partial charge in [-0.05, 0) is 164 Å². The van der Waals surface area contributed by atoms with Crippen molar-refractivity contribution in [3.8, 4) is 11.1 Å². The van der Waals surface area contributed by atoms with Crippen LogP contribution in [-0.2, 0) is 27.1 Å². The molecule has 2 aromatic heterocycles. The number of para-hydroxylation sites is 1. The van der Waals surface area contributed by atoms with E-state index in [9.17, 15) is 0 Å². The lowest BCUT2D eigenvalue weighted by Crippen LogP contribution is -2.60. The molecular formula is C65H65BN2OS. The number of hydrogen-bond donors (Lipinski definition) is 0. The van der Waals surface area contributed by atoms with Crippen LogP contribution >= 0.6 is 11.3 Å². The van der Waals surface area contributed by atoms with Crippen LogP contribution in [-0.4, -0.2) is 6.71 Å². The molecule has 350 valence electrons. The highest BCUT2D eigenvalue weighted by Gasteiger charge is 2.48. The first-order chi connectivity index (χ1) is 33.2. The summed E-state index contributed by atoms with van der Waals surface area (Å²) in [6.07, 6.45) is 4.73. The van der Waals surface area contributed by atoms with Crippen LogP contribution in [0.3, 0.4) is 0 Å². The lowest BCUT2D eigenvalue weighted by molar-refractivity contribution is 0.332. The van der Waals surface area contributed by atoms with Crippen molar-refractivity contribution in [2.24, 2.45) is 0 Å². The molecule has 0 fully saturated rings. The van der Waals surface area contributed by atoms with Crippen LogP contribution in [0.25, 0.3) is 43.2 Å². The molecule has 0 atom stereocenters. The summed E-state index contributed by atoms with van der Waals surface area (Å²) in [5.74, 6) is 0. The van der Waals surface area contributed by atoms with Gasteiger partial charge in [-0.2, -0.15) is 0 Å². The second-order valence-corrected chi connectivity index (χ2v) is 26.2. The van der Waals surface area contributed by atoms with Crippen molar-refractivity contribution in [1.82, 2.24) is 0 Å². The smallest absolute Gasteiger partial charge is 0.264 e. The third-order valence-electron chi connectivity index (χ3n) is 17.6. The Labute approximate surface area is 419 Å². The zero-order valence-corrected chi connectivity index (χ0v) is 44.1. The molecule has 7 aromatic carbocycles. The van der Waals surface area contributed by atoms with E-state index >= 15 is 0 Å². The Bertz CT molecular complexity index is 3690. The van der Waals surface area contributed by atoms with Crippen LogP contribution in [0.15, 0.2) is 132 Å². The minimum Gasteiger partial charge on any atom is -0.456 e. The maximum Gasteiger partial charge on any atom is 0.264 e. The summed E-state index contributed by atoms with van der Waals surface area (Å²) in [7, 11) is 0. The van der Waals surface area contributed by atoms with Crippen LogP contribution in [0.4, 0.5) is 34.1 Å². The number of aryl methyl sites for hydroxylation is 1. The van der Waals surface area contributed by atoms with Gasteiger partial charge in [0.25, 0.3) is 6.71 Å². The van der Waals surface area contributed by atoms with Gasteiger partial charge in [-0.25, -0.2) is 0 Å². The summed E-state index contributed by atoms with van der Waals surface area (Å²) in [6, 6.07) is 49.5. The van der Waals surface area contributed by atoms with Gasteiger partial charge in [-0.1, -0.05) is 143 Å². The average molecular weight is 933 g/mol. The number of thiophene rings is 1. The Morgan fingerprint density at radius 2 is 1.16 bits per heavy atom. The maximum atomic E-state index is 6.83. The highest BCUT2D eigenvalue weighted by Crippen LogP contribution is 2.55. The van der Waals surface area contributed by atoms with Crippen molar-refractivity contribution < 1.29 is 4.42 Å². The van der Waals surface area contributed by atoms with E-state index in [4.69, 9.17) is 4.42 Å². The summed E-state index contributed by atoms with van der Waals surface area (Å²) in [6.45, 7) is 29.0. The van der Waals surface area contributed by atoms with Gasteiger partial charge in [0.1, 0.15) is 11.2 Å². The maximum absolute atomic E-state index is 6.83. The summed E-state index contributed by atoms with van der Waals surface area (Å²) in [4.78, 5) is 5.33. The van der Waals surface area contributed by atoms with Crippen LogP contribution in [0.2, 0.25) is 0 Å². The van der Waals surface area contributed by atoms with Gasteiger partial charge in [0.05, 0.1) is 11.4 Å². The zero-order chi connectivity index (χ0) is 48.6. The largest absolute Gasteiger partial charge is 0.456 e. The third-order valence-corrected chi connectivity index (χ3v) is 18.8. The molecule has 13 rings (SSSR count). The molecule has 3 nitrogen and oxygen atoms in total. The van der Waals surface area contributed by atoms with Gasteiger partial charge in [-0.3, -0.25) is 0 Å². The van der Waals surface area contributed by atoms with E-state index in [-0.39, 0.29) is 33.8 Å². The fourth-order valence-corrected chi connectivity index (χ4v) is 14.5. The van der Waals surface area contributed by atoms with Crippen LogP contribution in [0, 0.1) is 6.92 Å². The predicted octanol–water partition coefficient (Wildman–Crippen LogP) is 16.9. The van der Waals surface area contributed by atoms with Crippen molar-refractivity contribution >= 4 is 99.9 Å². The van der Waals surface area contributed by atoms with Crippen molar-refractivity contribution in [3.05, 3.63) is 161 Å². The normalized spacial score (nSPS) is 18.1. The highest BCUT2D eigenvalue weighted by atomic mass is 32.1. The Hall–Kier alpha value is -6.04. The predicted molar refractivity (Wildman–Crippen MR) is 303 cm³/mol.